The molecule has 6 heteroatoms. The molecular formula is C8H7F3N2O. The van der Waals surface area contributed by atoms with Gasteiger partial charge in [0.05, 0.1) is 6.10 Å². The highest BCUT2D eigenvalue weighted by Gasteiger charge is 2.34. The SMILES string of the molecule is C=CC(O)c1cnc(C(F)(F)F)nc1. The average molecular weight is 204 g/mol. The third-order valence-electron chi connectivity index (χ3n) is 1.49. The Balaban J connectivity index is 2.95. The van der Waals surface area contributed by atoms with Crippen molar-refractivity contribution < 1.29 is 18.3 Å². The van der Waals surface area contributed by atoms with Gasteiger partial charge in [-0.15, -0.1) is 6.58 Å². The highest BCUT2D eigenvalue weighted by atomic mass is 19.4. The van der Waals surface area contributed by atoms with Crippen molar-refractivity contribution in [3.63, 3.8) is 0 Å². The summed E-state index contributed by atoms with van der Waals surface area (Å²) in [5.74, 6) is -1.22. The van der Waals surface area contributed by atoms with Crippen molar-refractivity contribution in [1.82, 2.24) is 9.97 Å². The Hall–Kier alpha value is -1.43. The molecule has 0 saturated carbocycles. The first-order chi connectivity index (χ1) is 6.45. The van der Waals surface area contributed by atoms with Gasteiger partial charge in [0.15, 0.2) is 0 Å². The van der Waals surface area contributed by atoms with E-state index in [0.717, 1.165) is 12.4 Å². The van der Waals surface area contributed by atoms with Crippen LogP contribution in [0.25, 0.3) is 0 Å². The molecule has 1 rings (SSSR count). The summed E-state index contributed by atoms with van der Waals surface area (Å²) < 4.78 is 36.0. The maximum Gasteiger partial charge on any atom is 0.451 e. The van der Waals surface area contributed by atoms with Crippen molar-refractivity contribution in [2.24, 2.45) is 0 Å². The molecule has 1 aromatic heterocycles. The van der Waals surface area contributed by atoms with Gasteiger partial charge in [0.1, 0.15) is 0 Å². The number of hydrogen-bond donors (Lipinski definition) is 1. The molecule has 1 atom stereocenters. The van der Waals surface area contributed by atoms with Crippen LogP contribution in [0, 0.1) is 0 Å². The third kappa shape index (κ3) is 2.29. The second kappa shape index (κ2) is 3.75. The van der Waals surface area contributed by atoms with E-state index >= 15 is 0 Å². The van der Waals surface area contributed by atoms with E-state index in [1.165, 1.54) is 6.08 Å². The molecule has 3 nitrogen and oxygen atoms in total. The number of aliphatic hydroxyl groups is 1. The molecule has 0 saturated heterocycles. The third-order valence-corrected chi connectivity index (χ3v) is 1.49. The van der Waals surface area contributed by atoms with Crippen LogP contribution in [0.2, 0.25) is 0 Å². The minimum Gasteiger partial charge on any atom is -0.384 e. The van der Waals surface area contributed by atoms with Crippen molar-refractivity contribution in [3.8, 4) is 0 Å². The number of alkyl halides is 3. The Morgan fingerprint density at radius 1 is 1.36 bits per heavy atom. The molecule has 0 bridgehead atoms. The standard InChI is InChI=1S/C8H7F3N2O/c1-2-6(14)5-3-12-7(13-4-5)8(9,10)11/h2-4,6,14H,1H2. The summed E-state index contributed by atoms with van der Waals surface area (Å²) in [6.07, 6.45) is -2.59. The van der Waals surface area contributed by atoms with E-state index in [1.54, 1.807) is 0 Å². The lowest BCUT2D eigenvalue weighted by Crippen LogP contribution is -2.11. The van der Waals surface area contributed by atoms with Crippen LogP contribution in [0.5, 0.6) is 0 Å². The fourth-order valence-corrected chi connectivity index (χ4v) is 0.773. The van der Waals surface area contributed by atoms with Crippen LogP contribution < -0.4 is 0 Å². The molecule has 0 aliphatic rings. The summed E-state index contributed by atoms with van der Waals surface area (Å²) >= 11 is 0. The number of hydrogen-bond acceptors (Lipinski definition) is 3. The molecule has 1 aromatic rings. The maximum absolute atomic E-state index is 12.0. The molecule has 76 valence electrons. The zero-order valence-electron chi connectivity index (χ0n) is 6.99. The van der Waals surface area contributed by atoms with Crippen molar-refractivity contribution in [1.29, 1.82) is 0 Å². The van der Waals surface area contributed by atoms with E-state index in [9.17, 15) is 13.2 Å². The Morgan fingerprint density at radius 3 is 2.21 bits per heavy atom. The summed E-state index contributed by atoms with van der Waals surface area (Å²) in [5.41, 5.74) is 0.174. The molecule has 0 aliphatic heterocycles. The van der Waals surface area contributed by atoms with Crippen LogP contribution in [0.1, 0.15) is 17.5 Å². The molecule has 0 amide bonds. The Kier molecular flexibility index (Phi) is 2.85. The molecule has 1 heterocycles. The van der Waals surface area contributed by atoms with Gasteiger partial charge in [0.2, 0.25) is 5.82 Å². The fourth-order valence-electron chi connectivity index (χ4n) is 0.773. The largest absolute Gasteiger partial charge is 0.451 e. The average Bonchev–Trinajstić information content (AvgIpc) is 2.15. The molecule has 1 N–H and O–H groups in total. The smallest absolute Gasteiger partial charge is 0.384 e. The van der Waals surface area contributed by atoms with E-state index in [-0.39, 0.29) is 5.56 Å². The predicted molar refractivity (Wildman–Crippen MR) is 42.2 cm³/mol. The quantitative estimate of drug-likeness (QED) is 0.746. The Morgan fingerprint density at radius 2 is 1.86 bits per heavy atom. The normalized spacial score (nSPS) is 13.7. The fraction of sp³-hybridized carbons (Fsp3) is 0.250. The van der Waals surface area contributed by atoms with Crippen molar-refractivity contribution in [2.75, 3.05) is 0 Å². The lowest BCUT2D eigenvalue weighted by Gasteiger charge is -2.07. The van der Waals surface area contributed by atoms with Gasteiger partial charge in [-0.05, 0) is 0 Å². The molecule has 0 spiro atoms. The number of nitrogens with zero attached hydrogens (tertiary/aromatic N) is 2. The second-order valence-corrected chi connectivity index (χ2v) is 2.52. The molecule has 1 unspecified atom stereocenters. The zero-order valence-corrected chi connectivity index (χ0v) is 6.99. The molecule has 0 radical (unpaired) electrons. The van der Waals surface area contributed by atoms with Gasteiger partial charge < -0.3 is 5.11 Å². The highest BCUT2D eigenvalue weighted by Crippen LogP contribution is 2.25. The Labute approximate surface area is 77.9 Å². The van der Waals surface area contributed by atoms with Crippen LogP contribution >= 0.6 is 0 Å². The molecule has 0 aliphatic carbocycles. The monoisotopic (exact) mass is 204 g/mol. The van der Waals surface area contributed by atoms with E-state index in [4.69, 9.17) is 5.11 Å². The van der Waals surface area contributed by atoms with Gasteiger partial charge in [0, 0.05) is 18.0 Å². The van der Waals surface area contributed by atoms with Crippen LogP contribution in [-0.2, 0) is 6.18 Å². The van der Waals surface area contributed by atoms with Crippen LogP contribution in [0.15, 0.2) is 25.0 Å². The van der Waals surface area contributed by atoms with E-state index in [2.05, 4.69) is 16.5 Å². The minimum atomic E-state index is -4.56. The van der Waals surface area contributed by atoms with E-state index < -0.39 is 18.1 Å². The molecule has 0 fully saturated rings. The van der Waals surface area contributed by atoms with E-state index in [0.29, 0.717) is 0 Å². The van der Waals surface area contributed by atoms with Crippen LogP contribution in [-0.4, -0.2) is 15.1 Å². The summed E-state index contributed by atoms with van der Waals surface area (Å²) in [6.45, 7) is 3.28. The molecule has 14 heavy (non-hydrogen) atoms. The van der Waals surface area contributed by atoms with Gasteiger partial charge >= 0.3 is 6.18 Å². The number of aromatic nitrogens is 2. The number of halogens is 3. The van der Waals surface area contributed by atoms with Gasteiger partial charge in [-0.25, -0.2) is 9.97 Å². The van der Waals surface area contributed by atoms with Crippen molar-refractivity contribution >= 4 is 0 Å². The maximum atomic E-state index is 12.0. The topological polar surface area (TPSA) is 46.0 Å². The van der Waals surface area contributed by atoms with Gasteiger partial charge in [0.25, 0.3) is 0 Å². The highest BCUT2D eigenvalue weighted by molar-refractivity contribution is 5.13. The summed E-state index contributed by atoms with van der Waals surface area (Å²) in [5, 5.41) is 9.14. The minimum absolute atomic E-state index is 0.174. The van der Waals surface area contributed by atoms with Crippen LogP contribution in [0.4, 0.5) is 13.2 Å². The van der Waals surface area contributed by atoms with Crippen molar-refractivity contribution in [2.45, 2.75) is 12.3 Å². The van der Waals surface area contributed by atoms with Gasteiger partial charge in [-0.2, -0.15) is 13.2 Å². The lowest BCUT2D eigenvalue weighted by molar-refractivity contribution is -0.145. The van der Waals surface area contributed by atoms with Gasteiger partial charge in [-0.3, -0.25) is 0 Å². The lowest BCUT2D eigenvalue weighted by atomic mass is 10.2. The summed E-state index contributed by atoms with van der Waals surface area (Å²) in [4.78, 5) is 6.15. The summed E-state index contributed by atoms with van der Waals surface area (Å²) in [6, 6.07) is 0. The predicted octanol–water partition coefficient (Wildman–Crippen LogP) is 1.71. The van der Waals surface area contributed by atoms with Gasteiger partial charge in [-0.1, -0.05) is 6.08 Å². The zero-order chi connectivity index (χ0) is 10.8. The number of aliphatic hydroxyl groups excluding tert-OH is 1. The van der Waals surface area contributed by atoms with Crippen LogP contribution in [0.3, 0.4) is 0 Å². The van der Waals surface area contributed by atoms with Crippen molar-refractivity contribution in [3.05, 3.63) is 36.4 Å². The first-order valence-electron chi connectivity index (χ1n) is 3.65. The van der Waals surface area contributed by atoms with E-state index in [1.807, 2.05) is 0 Å². The second-order valence-electron chi connectivity index (χ2n) is 2.52. The Bertz CT molecular complexity index is 320. The summed E-state index contributed by atoms with van der Waals surface area (Å²) in [7, 11) is 0. The first-order valence-corrected chi connectivity index (χ1v) is 3.65. The molecule has 0 aromatic carbocycles. The molecular weight excluding hydrogens is 197 g/mol. The first kappa shape index (κ1) is 10.6. The number of rotatable bonds is 2.